The maximum Gasteiger partial charge on any atom is 0.190 e. The Balaban J connectivity index is 1.72. The molecule has 23 heavy (non-hydrogen) atoms. The fourth-order valence-corrected chi connectivity index (χ4v) is 4.61. The van der Waals surface area contributed by atoms with Crippen LogP contribution in [0, 0.1) is 6.92 Å². The number of aromatic nitrogens is 1. The van der Waals surface area contributed by atoms with Gasteiger partial charge < -0.3 is 0 Å². The highest BCUT2D eigenvalue weighted by atomic mass is 15.0. The standard InChI is InChI=1S/C22H20N/c1-15-9-11-16(12-10-15)19-14-21-17-6-2-3-7-18(17)22(19)20-8-4-5-13-23(20)21/h2-13,19,21-22H,14H2,1H3/q+1/t19-,21-,22+/m1/s1. The van der Waals surface area contributed by atoms with Crippen molar-refractivity contribution < 1.29 is 4.57 Å². The number of rotatable bonds is 1. The second-order valence-electron chi connectivity index (χ2n) is 6.91. The van der Waals surface area contributed by atoms with Crippen molar-refractivity contribution in [3.63, 3.8) is 0 Å². The van der Waals surface area contributed by atoms with Crippen LogP contribution in [0.1, 0.15) is 52.2 Å². The van der Waals surface area contributed by atoms with E-state index in [0.29, 0.717) is 17.9 Å². The molecule has 0 radical (unpaired) electrons. The van der Waals surface area contributed by atoms with Crippen molar-refractivity contribution in [2.24, 2.45) is 0 Å². The highest BCUT2D eigenvalue weighted by Gasteiger charge is 2.49. The number of aryl methyl sites for hydroxylation is 1. The van der Waals surface area contributed by atoms with Crippen LogP contribution in [-0.2, 0) is 0 Å². The molecule has 3 aromatic rings. The van der Waals surface area contributed by atoms with Gasteiger partial charge in [0.05, 0.1) is 5.92 Å². The Labute approximate surface area is 137 Å². The first-order chi connectivity index (χ1) is 11.3. The maximum atomic E-state index is 2.50. The Morgan fingerprint density at radius 1 is 0.826 bits per heavy atom. The third-order valence-corrected chi connectivity index (χ3v) is 5.65. The number of hydrogen-bond donors (Lipinski definition) is 0. The van der Waals surface area contributed by atoms with Crippen LogP contribution in [0.2, 0.25) is 0 Å². The molecule has 0 unspecified atom stereocenters. The van der Waals surface area contributed by atoms with E-state index >= 15 is 0 Å². The highest BCUT2D eigenvalue weighted by Crippen LogP contribution is 2.52. The van der Waals surface area contributed by atoms with Gasteiger partial charge in [-0.1, -0.05) is 60.2 Å². The van der Waals surface area contributed by atoms with Gasteiger partial charge in [-0.2, -0.15) is 4.57 Å². The predicted octanol–water partition coefficient (Wildman–Crippen LogP) is 4.50. The molecule has 1 aliphatic carbocycles. The highest BCUT2D eigenvalue weighted by molar-refractivity contribution is 5.45. The van der Waals surface area contributed by atoms with Gasteiger partial charge >= 0.3 is 0 Å². The smallest absolute Gasteiger partial charge is 0.190 e. The van der Waals surface area contributed by atoms with Crippen LogP contribution in [0.15, 0.2) is 72.9 Å². The zero-order chi connectivity index (χ0) is 15.4. The first kappa shape index (κ1) is 13.1. The third-order valence-electron chi connectivity index (χ3n) is 5.65. The molecule has 0 spiro atoms. The summed E-state index contributed by atoms with van der Waals surface area (Å²) >= 11 is 0. The Morgan fingerprint density at radius 2 is 1.57 bits per heavy atom. The monoisotopic (exact) mass is 298 g/mol. The summed E-state index contributed by atoms with van der Waals surface area (Å²) in [4.78, 5) is 0. The summed E-state index contributed by atoms with van der Waals surface area (Å²) in [6.45, 7) is 2.16. The summed E-state index contributed by atoms with van der Waals surface area (Å²) in [5.41, 5.74) is 7.33. The van der Waals surface area contributed by atoms with E-state index in [0.717, 1.165) is 0 Å². The lowest BCUT2D eigenvalue weighted by molar-refractivity contribution is -0.731. The van der Waals surface area contributed by atoms with Crippen molar-refractivity contribution in [1.82, 2.24) is 0 Å². The molecule has 1 aromatic heterocycles. The third kappa shape index (κ3) is 1.83. The maximum absolute atomic E-state index is 2.50. The minimum absolute atomic E-state index is 0.471. The topological polar surface area (TPSA) is 3.88 Å². The van der Waals surface area contributed by atoms with E-state index in [1.165, 1.54) is 34.4 Å². The van der Waals surface area contributed by atoms with E-state index < -0.39 is 0 Å². The normalized spacial score (nSPS) is 24.1. The first-order valence-corrected chi connectivity index (χ1v) is 8.48. The van der Waals surface area contributed by atoms with Crippen LogP contribution in [0.3, 0.4) is 0 Å². The molecule has 112 valence electrons. The Bertz CT molecular complexity index is 831. The predicted molar refractivity (Wildman–Crippen MR) is 91.6 cm³/mol. The molecule has 1 heteroatoms. The number of nitrogens with zero attached hydrogens (tertiary/aromatic N) is 1. The molecule has 0 fully saturated rings. The van der Waals surface area contributed by atoms with Crippen LogP contribution in [0.25, 0.3) is 0 Å². The summed E-state index contributed by atoms with van der Waals surface area (Å²) in [5.74, 6) is 1.05. The average Bonchev–Trinajstić information content (AvgIpc) is 2.62. The molecule has 0 N–H and O–H groups in total. The molecule has 2 aliphatic heterocycles. The largest absolute Gasteiger partial charge is 0.195 e. The summed E-state index contributed by atoms with van der Waals surface area (Å²) in [5, 5.41) is 0. The van der Waals surface area contributed by atoms with Crippen molar-refractivity contribution in [1.29, 1.82) is 0 Å². The first-order valence-electron chi connectivity index (χ1n) is 8.48. The number of hydrogen-bond acceptors (Lipinski definition) is 0. The molecule has 3 aliphatic rings. The van der Waals surface area contributed by atoms with Gasteiger partial charge in [-0.3, -0.25) is 0 Å². The van der Waals surface area contributed by atoms with E-state index in [9.17, 15) is 0 Å². The van der Waals surface area contributed by atoms with Crippen LogP contribution in [-0.4, -0.2) is 0 Å². The van der Waals surface area contributed by atoms with Gasteiger partial charge in [0.15, 0.2) is 17.9 Å². The Hall–Kier alpha value is -2.41. The van der Waals surface area contributed by atoms with Crippen molar-refractivity contribution in [2.75, 3.05) is 0 Å². The average molecular weight is 298 g/mol. The molecule has 6 rings (SSSR count). The zero-order valence-corrected chi connectivity index (χ0v) is 13.3. The molecule has 3 atom stereocenters. The molecule has 0 amide bonds. The van der Waals surface area contributed by atoms with Crippen molar-refractivity contribution in [2.45, 2.75) is 31.2 Å². The van der Waals surface area contributed by atoms with Gasteiger partial charge in [0.25, 0.3) is 0 Å². The molecular formula is C22H20N+. The van der Waals surface area contributed by atoms with E-state index in [4.69, 9.17) is 0 Å². The van der Waals surface area contributed by atoms with E-state index in [2.05, 4.69) is 84.4 Å². The molecule has 1 nitrogen and oxygen atoms in total. The molecule has 0 saturated heterocycles. The second-order valence-corrected chi connectivity index (χ2v) is 6.91. The van der Waals surface area contributed by atoms with Gasteiger partial charge in [0.2, 0.25) is 0 Å². The van der Waals surface area contributed by atoms with Crippen LogP contribution >= 0.6 is 0 Å². The van der Waals surface area contributed by atoms with Crippen LogP contribution in [0.4, 0.5) is 0 Å². The van der Waals surface area contributed by atoms with E-state index in [-0.39, 0.29) is 0 Å². The fraction of sp³-hybridized carbons (Fsp3) is 0.227. The zero-order valence-electron chi connectivity index (χ0n) is 13.3. The van der Waals surface area contributed by atoms with E-state index in [1.807, 2.05) is 0 Å². The summed E-state index contributed by atoms with van der Waals surface area (Å²) in [6, 6.07) is 25.3. The lowest BCUT2D eigenvalue weighted by Gasteiger charge is -2.40. The molecular weight excluding hydrogens is 278 g/mol. The summed E-state index contributed by atoms with van der Waals surface area (Å²) < 4.78 is 2.50. The van der Waals surface area contributed by atoms with Gasteiger partial charge in [-0.15, -0.1) is 0 Å². The van der Waals surface area contributed by atoms with Crippen molar-refractivity contribution >= 4 is 0 Å². The molecule has 2 aromatic carbocycles. The minimum atomic E-state index is 0.471. The fourth-order valence-electron chi connectivity index (χ4n) is 4.61. The lowest BCUT2D eigenvalue weighted by atomic mass is 9.65. The molecule has 0 saturated carbocycles. The van der Waals surface area contributed by atoms with Gasteiger partial charge in [-0.25, -0.2) is 0 Å². The molecule has 2 bridgehead atoms. The number of fused-ring (bicyclic) bond motifs is 1. The second kappa shape index (κ2) is 4.79. The Kier molecular flexibility index (Phi) is 2.72. The van der Waals surface area contributed by atoms with Gasteiger partial charge in [0, 0.05) is 30.0 Å². The minimum Gasteiger partial charge on any atom is -0.195 e. The van der Waals surface area contributed by atoms with Crippen molar-refractivity contribution in [3.8, 4) is 0 Å². The van der Waals surface area contributed by atoms with Crippen LogP contribution in [0.5, 0.6) is 0 Å². The van der Waals surface area contributed by atoms with Gasteiger partial charge in [-0.05, 0) is 18.1 Å². The SMILES string of the molecule is Cc1ccc([C@H]2C[C@@H]3c4ccccc4[C@@H]2c2cccc[n+]23)cc1. The summed E-state index contributed by atoms with van der Waals surface area (Å²) in [6.07, 6.45) is 3.46. The Morgan fingerprint density at radius 3 is 2.39 bits per heavy atom. The van der Waals surface area contributed by atoms with Crippen LogP contribution < -0.4 is 4.57 Å². The summed E-state index contributed by atoms with van der Waals surface area (Å²) in [7, 11) is 0. The number of benzene rings is 2. The number of pyridine rings is 1. The molecule has 3 heterocycles. The quantitative estimate of drug-likeness (QED) is 0.582. The van der Waals surface area contributed by atoms with E-state index in [1.54, 1.807) is 0 Å². The van der Waals surface area contributed by atoms with Gasteiger partial charge in [0.1, 0.15) is 0 Å². The van der Waals surface area contributed by atoms with Crippen molar-refractivity contribution in [3.05, 3.63) is 101 Å². The lowest BCUT2D eigenvalue weighted by Crippen LogP contribution is -2.53.